The first kappa shape index (κ1) is 9.40. The van der Waals surface area contributed by atoms with Gasteiger partial charge in [0.1, 0.15) is 4.99 Å². The lowest BCUT2D eigenvalue weighted by molar-refractivity contribution is 0.606. The van der Waals surface area contributed by atoms with E-state index >= 15 is 0 Å². The van der Waals surface area contributed by atoms with Gasteiger partial charge in [0, 0.05) is 12.7 Å². The summed E-state index contributed by atoms with van der Waals surface area (Å²) in [7, 11) is 0. The summed E-state index contributed by atoms with van der Waals surface area (Å²) in [6.45, 7) is 0.801. The Morgan fingerprint density at radius 1 is 1.64 bits per heavy atom. The van der Waals surface area contributed by atoms with Crippen LogP contribution in [0.25, 0.3) is 0 Å². The fourth-order valence-electron chi connectivity index (χ4n) is 1.45. The molecule has 4 heteroatoms. The molecule has 0 unspecified atom stereocenters. The largest absolute Gasteiger partial charge is 0.389 e. The Kier molecular flexibility index (Phi) is 2.37. The van der Waals surface area contributed by atoms with Crippen molar-refractivity contribution in [3.8, 4) is 0 Å². The summed E-state index contributed by atoms with van der Waals surface area (Å²) in [5, 5.41) is 0. The zero-order chi connectivity index (χ0) is 10.1. The quantitative estimate of drug-likeness (QED) is 0.750. The van der Waals surface area contributed by atoms with Gasteiger partial charge in [0.15, 0.2) is 0 Å². The second-order valence-corrected chi connectivity index (χ2v) is 4.13. The van der Waals surface area contributed by atoms with Gasteiger partial charge in [-0.1, -0.05) is 12.2 Å². The summed E-state index contributed by atoms with van der Waals surface area (Å²) in [5.41, 5.74) is 5.83. The number of thiocarbonyl (C=S) groups is 1. The van der Waals surface area contributed by atoms with Crippen LogP contribution in [0, 0.1) is 5.92 Å². The molecule has 0 aromatic carbocycles. The molecule has 0 spiro atoms. The van der Waals surface area contributed by atoms with Crippen molar-refractivity contribution in [2.75, 3.05) is 0 Å². The minimum atomic E-state index is -0.0631. The molecule has 1 heterocycles. The van der Waals surface area contributed by atoms with E-state index in [0.717, 1.165) is 6.54 Å². The van der Waals surface area contributed by atoms with E-state index in [1.54, 1.807) is 16.8 Å². The Hall–Kier alpha value is -1.16. The van der Waals surface area contributed by atoms with Gasteiger partial charge in [-0.15, -0.1) is 0 Å². The van der Waals surface area contributed by atoms with Crippen LogP contribution >= 0.6 is 12.2 Å². The molecular formula is C10H12N2OS. The van der Waals surface area contributed by atoms with E-state index in [9.17, 15) is 4.79 Å². The van der Waals surface area contributed by atoms with Gasteiger partial charge in [-0.05, 0) is 30.9 Å². The van der Waals surface area contributed by atoms with E-state index in [4.69, 9.17) is 18.0 Å². The van der Waals surface area contributed by atoms with E-state index in [1.807, 2.05) is 6.07 Å². The first-order valence-corrected chi connectivity index (χ1v) is 5.08. The number of rotatable bonds is 3. The maximum Gasteiger partial charge on any atom is 0.260 e. The summed E-state index contributed by atoms with van der Waals surface area (Å²) >= 11 is 4.80. The Bertz CT molecular complexity index is 420. The molecule has 74 valence electrons. The summed E-state index contributed by atoms with van der Waals surface area (Å²) in [4.78, 5) is 11.9. The highest BCUT2D eigenvalue weighted by Gasteiger charge is 2.22. The van der Waals surface area contributed by atoms with Gasteiger partial charge in [0.25, 0.3) is 5.56 Å². The molecule has 3 nitrogen and oxygen atoms in total. The van der Waals surface area contributed by atoms with Crippen LogP contribution in [-0.2, 0) is 6.54 Å². The Labute approximate surface area is 87.5 Å². The van der Waals surface area contributed by atoms with Crippen LogP contribution in [0.2, 0.25) is 0 Å². The van der Waals surface area contributed by atoms with E-state index in [1.165, 1.54) is 12.8 Å². The molecule has 2 N–H and O–H groups in total. The number of nitrogens with two attached hydrogens (primary N) is 1. The van der Waals surface area contributed by atoms with E-state index in [-0.39, 0.29) is 10.5 Å². The third-order valence-corrected chi connectivity index (χ3v) is 2.66. The van der Waals surface area contributed by atoms with E-state index in [2.05, 4.69) is 0 Å². The third-order valence-electron chi connectivity index (χ3n) is 2.44. The first-order valence-electron chi connectivity index (χ1n) is 4.68. The van der Waals surface area contributed by atoms with Crippen molar-refractivity contribution in [2.45, 2.75) is 19.4 Å². The molecule has 0 saturated heterocycles. The molecular weight excluding hydrogens is 196 g/mol. The van der Waals surface area contributed by atoms with Crippen molar-refractivity contribution in [3.63, 3.8) is 0 Å². The van der Waals surface area contributed by atoms with Gasteiger partial charge in [-0.3, -0.25) is 4.79 Å². The van der Waals surface area contributed by atoms with Gasteiger partial charge < -0.3 is 10.3 Å². The van der Waals surface area contributed by atoms with Gasteiger partial charge in [0.2, 0.25) is 0 Å². The fourth-order valence-corrected chi connectivity index (χ4v) is 1.60. The van der Waals surface area contributed by atoms with Crippen molar-refractivity contribution in [1.82, 2.24) is 4.57 Å². The highest BCUT2D eigenvalue weighted by Crippen LogP contribution is 2.29. The van der Waals surface area contributed by atoms with Crippen LogP contribution in [0.4, 0.5) is 0 Å². The van der Waals surface area contributed by atoms with Gasteiger partial charge >= 0.3 is 0 Å². The number of hydrogen-bond acceptors (Lipinski definition) is 2. The van der Waals surface area contributed by atoms with Crippen LogP contribution in [0.15, 0.2) is 23.1 Å². The molecule has 0 amide bonds. The average molecular weight is 208 g/mol. The van der Waals surface area contributed by atoms with E-state index in [0.29, 0.717) is 11.5 Å². The van der Waals surface area contributed by atoms with Crippen LogP contribution < -0.4 is 11.3 Å². The average Bonchev–Trinajstić information content (AvgIpc) is 2.92. The zero-order valence-corrected chi connectivity index (χ0v) is 8.59. The Balaban J connectivity index is 2.35. The van der Waals surface area contributed by atoms with Gasteiger partial charge in [-0.2, -0.15) is 0 Å². The summed E-state index contributed by atoms with van der Waals surface area (Å²) in [6.07, 6.45) is 4.25. The second kappa shape index (κ2) is 3.53. The number of nitrogens with zero attached hydrogens (tertiary/aromatic N) is 1. The molecule has 0 bridgehead atoms. The Morgan fingerprint density at radius 2 is 2.36 bits per heavy atom. The molecule has 0 atom stereocenters. The minimum Gasteiger partial charge on any atom is -0.389 e. The summed E-state index contributed by atoms with van der Waals surface area (Å²) < 4.78 is 1.70. The highest BCUT2D eigenvalue weighted by molar-refractivity contribution is 7.80. The maximum atomic E-state index is 11.8. The summed E-state index contributed by atoms with van der Waals surface area (Å²) in [5.74, 6) is 0.675. The fraction of sp³-hybridized carbons (Fsp3) is 0.400. The van der Waals surface area contributed by atoms with Crippen LogP contribution in [0.5, 0.6) is 0 Å². The highest BCUT2D eigenvalue weighted by atomic mass is 32.1. The van der Waals surface area contributed by atoms with Crippen LogP contribution in [0.3, 0.4) is 0 Å². The summed E-state index contributed by atoms with van der Waals surface area (Å²) in [6, 6.07) is 3.49. The molecule has 1 aromatic heterocycles. The minimum absolute atomic E-state index is 0.0631. The maximum absolute atomic E-state index is 11.8. The van der Waals surface area contributed by atoms with E-state index < -0.39 is 0 Å². The topological polar surface area (TPSA) is 48.0 Å². The van der Waals surface area contributed by atoms with Gasteiger partial charge in [0.05, 0.1) is 5.56 Å². The molecule has 1 saturated carbocycles. The molecule has 1 fully saturated rings. The van der Waals surface area contributed by atoms with Crippen molar-refractivity contribution >= 4 is 17.2 Å². The standard InChI is InChI=1S/C10H12N2OS/c11-9(14)8-2-1-5-12(10(8)13)6-7-3-4-7/h1-2,5,7H,3-4,6H2,(H2,11,14). The lowest BCUT2D eigenvalue weighted by Gasteiger charge is -2.05. The normalized spacial score (nSPS) is 15.4. The SMILES string of the molecule is NC(=S)c1cccn(CC2CC2)c1=O. The smallest absolute Gasteiger partial charge is 0.260 e. The molecule has 14 heavy (non-hydrogen) atoms. The van der Waals surface area contributed by atoms with Crippen molar-refractivity contribution in [3.05, 3.63) is 34.2 Å². The zero-order valence-electron chi connectivity index (χ0n) is 7.77. The molecule has 1 aliphatic carbocycles. The third kappa shape index (κ3) is 1.85. The Morgan fingerprint density at radius 3 is 2.93 bits per heavy atom. The van der Waals surface area contributed by atoms with Crippen molar-refractivity contribution in [1.29, 1.82) is 0 Å². The predicted octanol–water partition coefficient (Wildman–Crippen LogP) is 0.893. The predicted molar refractivity (Wildman–Crippen MR) is 59.3 cm³/mol. The first-order chi connectivity index (χ1) is 6.68. The van der Waals surface area contributed by atoms with Crippen LogP contribution in [-0.4, -0.2) is 9.56 Å². The molecule has 0 aliphatic heterocycles. The number of aromatic nitrogens is 1. The van der Waals surface area contributed by atoms with Crippen molar-refractivity contribution < 1.29 is 0 Å². The van der Waals surface area contributed by atoms with Crippen LogP contribution in [0.1, 0.15) is 18.4 Å². The number of hydrogen-bond donors (Lipinski definition) is 1. The molecule has 2 rings (SSSR count). The number of pyridine rings is 1. The molecule has 1 aliphatic rings. The molecule has 1 aromatic rings. The van der Waals surface area contributed by atoms with Crippen molar-refractivity contribution in [2.24, 2.45) is 11.7 Å². The molecule has 0 radical (unpaired) electrons. The lowest BCUT2D eigenvalue weighted by Crippen LogP contribution is -2.28. The lowest BCUT2D eigenvalue weighted by atomic mass is 10.2. The monoisotopic (exact) mass is 208 g/mol. The second-order valence-electron chi connectivity index (χ2n) is 3.69. The van der Waals surface area contributed by atoms with Gasteiger partial charge in [-0.25, -0.2) is 0 Å².